The second-order valence-corrected chi connectivity index (χ2v) is 7.74. The number of carbonyl (C=O) groups excluding carboxylic acids is 1. The van der Waals surface area contributed by atoms with E-state index in [0.29, 0.717) is 39.8 Å². The van der Waals surface area contributed by atoms with Gasteiger partial charge in [-0.2, -0.15) is 5.26 Å². The minimum atomic E-state index is -0.567. The van der Waals surface area contributed by atoms with Gasteiger partial charge >= 0.3 is 0 Å². The first-order valence-electron chi connectivity index (χ1n) is 9.59. The molecule has 30 heavy (non-hydrogen) atoms. The summed E-state index contributed by atoms with van der Waals surface area (Å²) in [7, 11) is 0. The standard InChI is InChI=1S/C22H21FN6O/c1-10-15(7-27-9-17(10)25)14-5-12-6-18(28-8-16(12)21(26)20(14)23)29-22(30)19-11(2)13(19)3-4-24/h5-9,11,13,19H,3,25-26H2,1-2H3,(H,28,29,30)/t11-,13+,19+/m1/s1. The van der Waals surface area contributed by atoms with Crippen LogP contribution in [0.4, 0.5) is 21.6 Å². The molecule has 1 aliphatic rings. The summed E-state index contributed by atoms with van der Waals surface area (Å²) >= 11 is 0. The molecule has 0 spiro atoms. The number of nitrogens with one attached hydrogen (secondary N) is 1. The van der Waals surface area contributed by atoms with E-state index in [-0.39, 0.29) is 34.9 Å². The molecule has 7 nitrogen and oxygen atoms in total. The number of rotatable bonds is 4. The number of aromatic nitrogens is 2. The van der Waals surface area contributed by atoms with Crippen molar-refractivity contribution in [2.75, 3.05) is 16.8 Å². The quantitative estimate of drug-likeness (QED) is 0.569. The predicted molar refractivity (Wildman–Crippen MR) is 113 cm³/mol. The number of fused-ring (bicyclic) bond motifs is 1. The van der Waals surface area contributed by atoms with E-state index in [0.717, 1.165) is 0 Å². The van der Waals surface area contributed by atoms with Gasteiger partial charge in [-0.1, -0.05) is 6.92 Å². The number of nitrogens with zero attached hydrogens (tertiary/aromatic N) is 3. The van der Waals surface area contributed by atoms with E-state index in [1.165, 1.54) is 12.4 Å². The van der Waals surface area contributed by atoms with Crippen molar-refractivity contribution in [1.29, 1.82) is 5.26 Å². The zero-order valence-corrected chi connectivity index (χ0v) is 16.6. The Hall–Kier alpha value is -3.73. The van der Waals surface area contributed by atoms with Crippen LogP contribution in [0.3, 0.4) is 0 Å². The number of amides is 1. The average Bonchev–Trinajstić information content (AvgIpc) is 3.36. The number of hydrogen-bond acceptors (Lipinski definition) is 6. The highest BCUT2D eigenvalue weighted by atomic mass is 19.1. The molecule has 0 bridgehead atoms. The zero-order valence-electron chi connectivity index (χ0n) is 16.6. The normalized spacial score (nSPS) is 20.0. The number of pyridine rings is 2. The molecular weight excluding hydrogens is 383 g/mol. The van der Waals surface area contributed by atoms with Crippen LogP contribution in [0, 0.1) is 41.8 Å². The SMILES string of the molecule is Cc1c(N)cncc1-c1cc2cc(NC(=O)[C@H]3[C@H](C)[C@@H]3CC#N)ncc2c(N)c1F. The van der Waals surface area contributed by atoms with Gasteiger partial charge in [0.25, 0.3) is 0 Å². The molecule has 152 valence electrons. The minimum Gasteiger partial charge on any atom is -0.397 e. The van der Waals surface area contributed by atoms with Crippen LogP contribution >= 0.6 is 0 Å². The number of nitriles is 1. The van der Waals surface area contributed by atoms with Crippen LogP contribution in [0.5, 0.6) is 0 Å². The molecule has 5 N–H and O–H groups in total. The Labute approximate surface area is 172 Å². The van der Waals surface area contributed by atoms with Crippen LogP contribution in [0.15, 0.2) is 30.7 Å². The fourth-order valence-electron chi connectivity index (χ4n) is 3.98. The monoisotopic (exact) mass is 404 g/mol. The summed E-state index contributed by atoms with van der Waals surface area (Å²) in [6.45, 7) is 3.75. The van der Waals surface area contributed by atoms with Crippen LogP contribution in [0.25, 0.3) is 21.9 Å². The van der Waals surface area contributed by atoms with Gasteiger partial charge in [0.1, 0.15) is 5.82 Å². The van der Waals surface area contributed by atoms with Crippen molar-refractivity contribution in [3.63, 3.8) is 0 Å². The number of halogens is 1. The fraction of sp³-hybridized carbons (Fsp3) is 0.273. The lowest BCUT2D eigenvalue weighted by atomic mass is 9.97. The van der Waals surface area contributed by atoms with Gasteiger partial charge in [-0.3, -0.25) is 9.78 Å². The third-order valence-electron chi connectivity index (χ3n) is 5.99. The Morgan fingerprint density at radius 1 is 1.27 bits per heavy atom. The van der Waals surface area contributed by atoms with Gasteiger partial charge in [0.2, 0.25) is 5.91 Å². The molecule has 1 aromatic carbocycles. The topological polar surface area (TPSA) is 131 Å². The fourth-order valence-corrected chi connectivity index (χ4v) is 3.98. The lowest BCUT2D eigenvalue weighted by Crippen LogP contribution is -2.16. The molecule has 2 aromatic heterocycles. The van der Waals surface area contributed by atoms with Crippen molar-refractivity contribution < 1.29 is 9.18 Å². The molecule has 1 saturated carbocycles. The van der Waals surface area contributed by atoms with Crippen molar-refractivity contribution >= 4 is 33.9 Å². The molecule has 8 heteroatoms. The molecule has 1 aliphatic carbocycles. The predicted octanol–water partition coefficient (Wildman–Crippen LogP) is 3.64. The van der Waals surface area contributed by atoms with Crippen molar-refractivity contribution in [1.82, 2.24) is 9.97 Å². The van der Waals surface area contributed by atoms with E-state index in [1.54, 1.807) is 25.3 Å². The van der Waals surface area contributed by atoms with Gasteiger partial charge in [-0.15, -0.1) is 0 Å². The van der Waals surface area contributed by atoms with E-state index < -0.39 is 5.82 Å². The number of benzene rings is 1. The number of anilines is 3. The number of hydrogen-bond donors (Lipinski definition) is 3. The van der Waals surface area contributed by atoms with Crippen LogP contribution in [0.1, 0.15) is 18.9 Å². The summed E-state index contributed by atoms with van der Waals surface area (Å²) in [6.07, 6.45) is 4.86. The summed E-state index contributed by atoms with van der Waals surface area (Å²) < 4.78 is 15.0. The first kappa shape index (κ1) is 19.6. The van der Waals surface area contributed by atoms with Crippen LogP contribution < -0.4 is 16.8 Å². The van der Waals surface area contributed by atoms with E-state index in [9.17, 15) is 9.18 Å². The number of carbonyl (C=O) groups is 1. The largest absolute Gasteiger partial charge is 0.397 e. The smallest absolute Gasteiger partial charge is 0.229 e. The second-order valence-electron chi connectivity index (χ2n) is 7.74. The first-order valence-corrected chi connectivity index (χ1v) is 9.59. The van der Waals surface area contributed by atoms with Gasteiger partial charge < -0.3 is 16.8 Å². The highest BCUT2D eigenvalue weighted by Gasteiger charge is 2.51. The molecule has 0 radical (unpaired) electrons. The molecular formula is C22H21FN6O. The van der Waals surface area contributed by atoms with Gasteiger partial charge in [0.05, 0.1) is 23.6 Å². The number of nitrogen functional groups attached to an aromatic ring is 2. The van der Waals surface area contributed by atoms with Crippen LogP contribution in [-0.4, -0.2) is 15.9 Å². The third-order valence-corrected chi connectivity index (χ3v) is 5.99. The van der Waals surface area contributed by atoms with E-state index in [1.807, 2.05) is 6.92 Å². The maximum atomic E-state index is 15.0. The van der Waals surface area contributed by atoms with Crippen molar-refractivity contribution in [3.8, 4) is 17.2 Å². The van der Waals surface area contributed by atoms with Gasteiger partial charge in [-0.25, -0.2) is 9.37 Å². The van der Waals surface area contributed by atoms with Gasteiger partial charge in [-0.05, 0) is 41.8 Å². The Morgan fingerprint density at radius 3 is 2.77 bits per heavy atom. The van der Waals surface area contributed by atoms with Crippen molar-refractivity contribution in [2.45, 2.75) is 20.3 Å². The number of nitrogens with two attached hydrogens (primary N) is 2. The van der Waals surface area contributed by atoms with E-state index in [4.69, 9.17) is 16.7 Å². The maximum Gasteiger partial charge on any atom is 0.229 e. The van der Waals surface area contributed by atoms with E-state index >= 15 is 0 Å². The maximum absolute atomic E-state index is 15.0. The van der Waals surface area contributed by atoms with Crippen LogP contribution in [-0.2, 0) is 4.79 Å². The third kappa shape index (κ3) is 3.18. The Bertz CT molecular complexity index is 1220. The molecule has 3 atom stereocenters. The van der Waals surface area contributed by atoms with Crippen LogP contribution in [0.2, 0.25) is 0 Å². The molecule has 0 unspecified atom stereocenters. The Morgan fingerprint density at radius 2 is 2.03 bits per heavy atom. The lowest BCUT2D eigenvalue weighted by Gasteiger charge is -2.13. The first-order chi connectivity index (χ1) is 14.3. The summed E-state index contributed by atoms with van der Waals surface area (Å²) in [6, 6.07) is 5.43. The highest BCUT2D eigenvalue weighted by Crippen LogP contribution is 2.48. The molecule has 0 saturated heterocycles. The van der Waals surface area contributed by atoms with Crippen molar-refractivity contribution in [2.24, 2.45) is 17.8 Å². The van der Waals surface area contributed by atoms with Crippen molar-refractivity contribution in [3.05, 3.63) is 42.1 Å². The molecule has 1 amide bonds. The average molecular weight is 404 g/mol. The second kappa shape index (κ2) is 7.26. The van der Waals surface area contributed by atoms with Gasteiger partial charge in [0.15, 0.2) is 5.82 Å². The molecule has 1 fully saturated rings. The summed E-state index contributed by atoms with van der Waals surface area (Å²) in [4.78, 5) is 20.8. The Balaban J connectivity index is 1.71. The molecule has 3 aromatic rings. The lowest BCUT2D eigenvalue weighted by molar-refractivity contribution is -0.117. The molecule has 4 rings (SSSR count). The zero-order chi connectivity index (χ0) is 21.6. The summed E-state index contributed by atoms with van der Waals surface area (Å²) in [5.74, 6) is -0.339. The van der Waals surface area contributed by atoms with E-state index in [2.05, 4.69) is 21.4 Å². The summed E-state index contributed by atoms with van der Waals surface area (Å²) in [5.41, 5.74) is 13.9. The Kier molecular flexibility index (Phi) is 4.74. The molecule has 0 aliphatic heterocycles. The van der Waals surface area contributed by atoms with Gasteiger partial charge in [0, 0.05) is 41.2 Å². The summed E-state index contributed by atoms with van der Waals surface area (Å²) in [5, 5.41) is 12.7. The minimum absolute atomic E-state index is 0.0281. The highest BCUT2D eigenvalue weighted by molar-refractivity contribution is 6.00. The molecule has 2 heterocycles.